The molecule has 3 rings (SSSR count). The van der Waals surface area contributed by atoms with Crippen molar-refractivity contribution in [1.82, 2.24) is 9.21 Å². The number of fused-ring (bicyclic) bond motifs is 1. The van der Waals surface area contributed by atoms with E-state index < -0.39 is 16.1 Å². The lowest BCUT2D eigenvalue weighted by atomic mass is 10.1. The smallest absolute Gasteiger partial charge is 0.241 e. The van der Waals surface area contributed by atoms with Gasteiger partial charge in [-0.25, -0.2) is 8.42 Å². The average Bonchev–Trinajstić information content (AvgIpc) is 3.26. The van der Waals surface area contributed by atoms with Gasteiger partial charge in [-0.15, -0.1) is 0 Å². The first-order chi connectivity index (χ1) is 12.9. The Morgan fingerprint density at radius 3 is 2.74 bits per heavy atom. The van der Waals surface area contributed by atoms with Gasteiger partial charge in [0, 0.05) is 37.5 Å². The van der Waals surface area contributed by atoms with Gasteiger partial charge in [0.25, 0.3) is 0 Å². The number of furan rings is 1. The van der Waals surface area contributed by atoms with Gasteiger partial charge in [0.15, 0.2) is 0 Å². The molecule has 1 unspecified atom stereocenters. The molecule has 0 spiro atoms. The molecule has 1 fully saturated rings. The summed E-state index contributed by atoms with van der Waals surface area (Å²) in [6, 6.07) is 7.22. The van der Waals surface area contributed by atoms with Crippen molar-refractivity contribution in [2.24, 2.45) is 0 Å². The maximum absolute atomic E-state index is 13.1. The Kier molecular flexibility index (Phi) is 5.91. The van der Waals surface area contributed by atoms with Crippen LogP contribution in [0.1, 0.15) is 44.4 Å². The van der Waals surface area contributed by atoms with E-state index in [4.69, 9.17) is 4.42 Å². The maximum atomic E-state index is 13.1. The third-order valence-corrected chi connectivity index (χ3v) is 7.26. The van der Waals surface area contributed by atoms with Crippen molar-refractivity contribution in [3.8, 4) is 0 Å². The molecular weight excluding hydrogens is 364 g/mol. The number of benzene rings is 1. The second-order valence-corrected chi connectivity index (χ2v) is 9.17. The lowest BCUT2D eigenvalue weighted by molar-refractivity contribution is -0.133. The molecule has 7 heteroatoms. The summed E-state index contributed by atoms with van der Waals surface area (Å²) in [5.74, 6) is 0.824. The van der Waals surface area contributed by atoms with E-state index in [9.17, 15) is 13.2 Å². The quantitative estimate of drug-likeness (QED) is 0.726. The van der Waals surface area contributed by atoms with Gasteiger partial charge in [0.1, 0.15) is 17.4 Å². The monoisotopic (exact) mass is 392 g/mol. The van der Waals surface area contributed by atoms with Gasteiger partial charge in [-0.05, 0) is 25.3 Å². The largest absolute Gasteiger partial charge is 0.461 e. The standard InChI is InChI=1S/C20H28N2O4S/c1-4-13-27(24,25)22-12-8-10-17(22)20(23)21(3)14-16-15-9-6-7-11-19(15)26-18(16)5-2/h6-7,9,11,17H,4-5,8,10,12-14H2,1-3H3. The highest BCUT2D eigenvalue weighted by Crippen LogP contribution is 2.29. The van der Waals surface area contributed by atoms with Gasteiger partial charge in [-0.3, -0.25) is 4.79 Å². The highest BCUT2D eigenvalue weighted by atomic mass is 32.2. The number of sulfonamides is 1. The van der Waals surface area contributed by atoms with Crippen LogP contribution in [0.5, 0.6) is 0 Å². The van der Waals surface area contributed by atoms with Gasteiger partial charge < -0.3 is 9.32 Å². The number of para-hydroxylation sites is 1. The molecule has 1 aromatic heterocycles. The Hall–Kier alpha value is -1.86. The highest BCUT2D eigenvalue weighted by molar-refractivity contribution is 7.89. The number of likely N-dealkylation sites (N-methyl/N-ethyl adjacent to an activating group) is 1. The molecule has 1 atom stereocenters. The zero-order valence-electron chi connectivity index (χ0n) is 16.3. The van der Waals surface area contributed by atoms with E-state index in [-0.39, 0.29) is 11.7 Å². The number of amides is 1. The van der Waals surface area contributed by atoms with E-state index in [0.29, 0.717) is 25.9 Å². The molecule has 6 nitrogen and oxygen atoms in total. The molecule has 1 aromatic carbocycles. The van der Waals surface area contributed by atoms with E-state index >= 15 is 0 Å². The molecule has 2 heterocycles. The summed E-state index contributed by atoms with van der Waals surface area (Å²) in [4.78, 5) is 14.7. The number of rotatable bonds is 7. The number of carbonyl (C=O) groups excluding carboxylic acids is 1. The van der Waals surface area contributed by atoms with E-state index in [0.717, 1.165) is 35.1 Å². The predicted molar refractivity (Wildman–Crippen MR) is 106 cm³/mol. The summed E-state index contributed by atoms with van der Waals surface area (Å²) in [5, 5.41) is 1.01. The van der Waals surface area contributed by atoms with Crippen molar-refractivity contribution in [2.45, 2.75) is 52.1 Å². The summed E-state index contributed by atoms with van der Waals surface area (Å²) in [7, 11) is -1.64. The second kappa shape index (κ2) is 8.02. The summed E-state index contributed by atoms with van der Waals surface area (Å²) < 4.78 is 32.3. The van der Waals surface area contributed by atoms with Crippen molar-refractivity contribution in [2.75, 3.05) is 19.3 Å². The lowest BCUT2D eigenvalue weighted by Crippen LogP contribution is -2.46. The minimum atomic E-state index is -3.38. The van der Waals surface area contributed by atoms with E-state index in [2.05, 4.69) is 0 Å². The van der Waals surface area contributed by atoms with Gasteiger partial charge in [0.05, 0.1) is 5.75 Å². The zero-order valence-corrected chi connectivity index (χ0v) is 17.1. The van der Waals surface area contributed by atoms with Gasteiger partial charge >= 0.3 is 0 Å². The van der Waals surface area contributed by atoms with Crippen LogP contribution in [0, 0.1) is 0 Å². The molecule has 2 aromatic rings. The summed E-state index contributed by atoms with van der Waals surface area (Å²) in [6.45, 7) is 4.71. The maximum Gasteiger partial charge on any atom is 0.241 e. The fourth-order valence-corrected chi connectivity index (χ4v) is 5.61. The molecule has 1 saturated heterocycles. The third-order valence-electron chi connectivity index (χ3n) is 5.18. The number of aryl methyl sites for hydroxylation is 1. The van der Waals surface area contributed by atoms with Crippen molar-refractivity contribution in [3.63, 3.8) is 0 Å². The van der Waals surface area contributed by atoms with Crippen molar-refractivity contribution in [3.05, 3.63) is 35.6 Å². The molecule has 27 heavy (non-hydrogen) atoms. The van der Waals surface area contributed by atoms with Crippen LogP contribution >= 0.6 is 0 Å². The van der Waals surface area contributed by atoms with Crippen LogP contribution < -0.4 is 0 Å². The fourth-order valence-electron chi connectivity index (χ4n) is 3.87. The van der Waals surface area contributed by atoms with E-state index in [1.807, 2.05) is 38.1 Å². The number of nitrogens with zero attached hydrogens (tertiary/aromatic N) is 2. The van der Waals surface area contributed by atoms with E-state index in [1.54, 1.807) is 11.9 Å². The van der Waals surface area contributed by atoms with Crippen LogP contribution in [0.4, 0.5) is 0 Å². The molecule has 0 N–H and O–H groups in total. The first kappa shape index (κ1) is 19.9. The first-order valence-corrected chi connectivity index (χ1v) is 11.2. The number of carbonyl (C=O) groups is 1. The molecule has 1 aliphatic rings. The fraction of sp³-hybridized carbons (Fsp3) is 0.550. The Morgan fingerprint density at radius 1 is 1.30 bits per heavy atom. The second-order valence-electron chi connectivity index (χ2n) is 7.13. The zero-order chi connectivity index (χ0) is 19.6. The molecule has 0 radical (unpaired) electrons. The van der Waals surface area contributed by atoms with Gasteiger partial charge in [-0.1, -0.05) is 32.0 Å². The Morgan fingerprint density at radius 2 is 2.04 bits per heavy atom. The SMILES string of the molecule is CCCS(=O)(=O)N1CCCC1C(=O)N(C)Cc1c(CC)oc2ccccc12. The highest BCUT2D eigenvalue weighted by Gasteiger charge is 2.39. The Labute approximate surface area is 161 Å². The van der Waals surface area contributed by atoms with Crippen LogP contribution in [-0.4, -0.2) is 48.9 Å². The molecule has 0 aliphatic carbocycles. The lowest BCUT2D eigenvalue weighted by Gasteiger charge is -2.27. The van der Waals surface area contributed by atoms with Crippen LogP contribution in [0.2, 0.25) is 0 Å². The first-order valence-electron chi connectivity index (χ1n) is 9.62. The normalized spacial score (nSPS) is 18.3. The van der Waals surface area contributed by atoms with Crippen LogP contribution in [0.15, 0.2) is 28.7 Å². The average molecular weight is 393 g/mol. The van der Waals surface area contributed by atoms with Gasteiger partial charge in [-0.2, -0.15) is 4.31 Å². The molecule has 1 aliphatic heterocycles. The van der Waals surface area contributed by atoms with Crippen molar-refractivity contribution in [1.29, 1.82) is 0 Å². The minimum absolute atomic E-state index is 0.0901. The third kappa shape index (κ3) is 3.89. The van der Waals surface area contributed by atoms with Gasteiger partial charge in [0.2, 0.25) is 15.9 Å². The molecule has 0 bridgehead atoms. The minimum Gasteiger partial charge on any atom is -0.461 e. The summed E-state index contributed by atoms with van der Waals surface area (Å²) >= 11 is 0. The Bertz CT molecular complexity index is 919. The van der Waals surface area contributed by atoms with Crippen LogP contribution in [-0.2, 0) is 27.8 Å². The van der Waals surface area contributed by atoms with Crippen molar-refractivity contribution >= 4 is 26.9 Å². The predicted octanol–water partition coefficient (Wildman–Crippen LogP) is 3.16. The van der Waals surface area contributed by atoms with Crippen LogP contribution in [0.3, 0.4) is 0 Å². The summed E-state index contributed by atoms with van der Waals surface area (Å²) in [5.41, 5.74) is 1.82. The number of hydrogen-bond acceptors (Lipinski definition) is 4. The molecule has 148 valence electrons. The Balaban J connectivity index is 1.82. The van der Waals surface area contributed by atoms with E-state index in [1.165, 1.54) is 4.31 Å². The molecular formula is C20H28N2O4S. The topological polar surface area (TPSA) is 70.8 Å². The van der Waals surface area contributed by atoms with Crippen molar-refractivity contribution < 1.29 is 17.6 Å². The van der Waals surface area contributed by atoms with Crippen LogP contribution in [0.25, 0.3) is 11.0 Å². The summed E-state index contributed by atoms with van der Waals surface area (Å²) in [6.07, 6.45) is 2.60. The number of hydrogen-bond donors (Lipinski definition) is 0. The molecule has 1 amide bonds. The molecule has 0 saturated carbocycles.